The van der Waals surface area contributed by atoms with E-state index < -0.39 is 75.6 Å². The minimum absolute atomic E-state index is 0.0593. The van der Waals surface area contributed by atoms with Gasteiger partial charge in [-0.15, -0.1) is 0 Å². The predicted molar refractivity (Wildman–Crippen MR) is 184 cm³/mol. The summed E-state index contributed by atoms with van der Waals surface area (Å²) in [5.74, 6) is -7.05. The van der Waals surface area contributed by atoms with Gasteiger partial charge in [0.2, 0.25) is 11.8 Å². The number of amides is 4. The molecule has 3 N–H and O–H groups in total. The zero-order valence-electron chi connectivity index (χ0n) is 28.8. The van der Waals surface area contributed by atoms with Crippen LogP contribution in [0.4, 0.5) is 23.2 Å². The second kappa shape index (κ2) is 13.4. The number of rotatable bonds is 8. The van der Waals surface area contributed by atoms with Gasteiger partial charge in [-0.05, 0) is 47.2 Å². The number of halogens is 4. The summed E-state index contributed by atoms with van der Waals surface area (Å²) < 4.78 is 56.6. The number of anilines is 1. The monoisotopic (exact) mass is 716 g/mol. The number of H-pyrrole nitrogens is 1. The molecule has 2 aliphatic rings. The number of nitrogens with one attached hydrogen (secondary N) is 3. The standard InChI is InChI=1S/C38H36F4N6O4/c1-37(2,3)17-29(35(51)48-19-38(18-30(48)43-4)23-8-6-7-9-26(23)46-36(38)52)47(5)34(50)28(14-20-10-12-21(39)13-11-20)45-33(49)27-15-22-24(40)16-25(41)31(42)32(22)44-27/h6-13,15-16,28-30,44H,14,17-19H2,1-3,5H3,(H,45,49)(H,46,52)/t28-,29-,30-,38-/m0/s1. The highest BCUT2D eigenvalue weighted by Crippen LogP contribution is 2.47. The van der Waals surface area contributed by atoms with Crippen molar-refractivity contribution >= 4 is 40.2 Å². The van der Waals surface area contributed by atoms with Gasteiger partial charge >= 0.3 is 6.17 Å². The van der Waals surface area contributed by atoms with Crippen molar-refractivity contribution < 1.29 is 36.7 Å². The van der Waals surface area contributed by atoms with Crippen molar-refractivity contribution in [3.8, 4) is 0 Å². The molecule has 270 valence electrons. The van der Waals surface area contributed by atoms with Crippen molar-refractivity contribution in [2.45, 2.75) is 63.7 Å². The molecule has 52 heavy (non-hydrogen) atoms. The fraction of sp³-hybridized carbons (Fsp3) is 0.342. The van der Waals surface area contributed by atoms with E-state index in [1.807, 2.05) is 20.8 Å². The lowest BCUT2D eigenvalue weighted by Crippen LogP contribution is -2.57. The smallest absolute Gasteiger partial charge is 0.302 e. The Hall–Kier alpha value is -5.71. The Morgan fingerprint density at radius 3 is 2.42 bits per heavy atom. The van der Waals surface area contributed by atoms with Crippen LogP contribution in [0.1, 0.15) is 55.2 Å². The quantitative estimate of drug-likeness (QED) is 0.123. The SMILES string of the molecule is [C-]#[N+][C@@H]1C[C@@]2(CN1C(=O)[C@H](CC(C)(C)C)N(C)C(=O)[C@H](Cc1ccc(F)cc1)NC(=O)c1cc3c(F)cc(F)c(F)c3[nH]1)C(=O)Nc1ccccc12. The number of fused-ring (bicyclic) bond motifs is 3. The molecule has 3 aromatic carbocycles. The molecule has 4 amide bonds. The second-order valence-corrected chi connectivity index (χ2v) is 14.6. The van der Waals surface area contributed by atoms with Crippen molar-refractivity contribution in [3.63, 3.8) is 0 Å². The molecule has 1 spiro atoms. The van der Waals surface area contributed by atoms with Crippen LogP contribution in [0.2, 0.25) is 0 Å². The van der Waals surface area contributed by atoms with E-state index in [1.54, 1.807) is 24.3 Å². The zero-order valence-corrected chi connectivity index (χ0v) is 28.8. The first-order chi connectivity index (χ1) is 24.5. The molecule has 2 aliphatic heterocycles. The van der Waals surface area contributed by atoms with Crippen LogP contribution in [0.5, 0.6) is 0 Å². The van der Waals surface area contributed by atoms with Crippen LogP contribution in [0.3, 0.4) is 0 Å². The summed E-state index contributed by atoms with van der Waals surface area (Å²) >= 11 is 0. The zero-order chi connectivity index (χ0) is 37.7. The largest absolute Gasteiger partial charge is 0.348 e. The van der Waals surface area contributed by atoms with Crippen LogP contribution >= 0.6 is 0 Å². The molecular weight excluding hydrogens is 680 g/mol. The number of likely N-dealkylation sites (N-methyl/N-ethyl adjacent to an activating group) is 1. The molecule has 1 saturated heterocycles. The van der Waals surface area contributed by atoms with Crippen molar-refractivity contribution in [1.29, 1.82) is 0 Å². The third-order valence-corrected chi connectivity index (χ3v) is 9.75. The summed E-state index contributed by atoms with van der Waals surface area (Å²) in [5.41, 5.74) is -0.886. The number of hydrogen-bond acceptors (Lipinski definition) is 4. The van der Waals surface area contributed by atoms with Gasteiger partial charge in [-0.3, -0.25) is 28.9 Å². The van der Waals surface area contributed by atoms with Crippen LogP contribution in [0, 0.1) is 35.3 Å². The summed E-state index contributed by atoms with van der Waals surface area (Å²) in [6.45, 7) is 13.5. The van der Waals surface area contributed by atoms with E-state index in [0.29, 0.717) is 22.9 Å². The van der Waals surface area contributed by atoms with E-state index in [2.05, 4.69) is 20.5 Å². The number of carbonyl (C=O) groups is 4. The molecule has 6 rings (SSSR count). The van der Waals surface area contributed by atoms with E-state index in [1.165, 1.54) is 41.1 Å². The average Bonchev–Trinajstić information content (AvgIpc) is 3.80. The van der Waals surface area contributed by atoms with E-state index in [0.717, 1.165) is 6.07 Å². The van der Waals surface area contributed by atoms with Crippen LogP contribution in [-0.4, -0.2) is 70.3 Å². The van der Waals surface area contributed by atoms with Crippen molar-refractivity contribution in [2.24, 2.45) is 5.41 Å². The van der Waals surface area contributed by atoms with Gasteiger partial charge in [0, 0.05) is 37.2 Å². The Morgan fingerprint density at radius 2 is 1.75 bits per heavy atom. The molecule has 0 radical (unpaired) electrons. The maximum atomic E-state index is 14.6. The molecule has 1 aromatic heterocycles. The number of aromatic nitrogens is 1. The molecule has 0 saturated carbocycles. The van der Waals surface area contributed by atoms with Gasteiger partial charge in [-0.2, -0.15) is 0 Å². The fourth-order valence-electron chi connectivity index (χ4n) is 7.12. The van der Waals surface area contributed by atoms with Crippen LogP contribution in [0.25, 0.3) is 15.7 Å². The molecule has 4 aromatic rings. The van der Waals surface area contributed by atoms with E-state index in [9.17, 15) is 36.7 Å². The Kier molecular flexibility index (Phi) is 9.33. The van der Waals surface area contributed by atoms with Gasteiger partial charge in [0.25, 0.3) is 11.8 Å². The lowest BCUT2D eigenvalue weighted by molar-refractivity contribution is -0.147. The summed E-state index contributed by atoms with van der Waals surface area (Å²) in [6, 6.07) is 11.1. The fourth-order valence-corrected chi connectivity index (χ4v) is 7.12. The van der Waals surface area contributed by atoms with Crippen LogP contribution < -0.4 is 10.6 Å². The maximum absolute atomic E-state index is 14.6. The number of aromatic amines is 1. The molecule has 14 heteroatoms. The summed E-state index contributed by atoms with van der Waals surface area (Å²) in [4.78, 5) is 64.6. The van der Waals surface area contributed by atoms with Gasteiger partial charge in [0.1, 0.15) is 34.8 Å². The number of carbonyl (C=O) groups excluding carboxylic acids is 4. The number of nitrogens with zero attached hydrogens (tertiary/aromatic N) is 3. The Balaban J connectivity index is 1.33. The van der Waals surface area contributed by atoms with Crippen molar-refractivity contribution in [2.75, 3.05) is 18.9 Å². The number of benzene rings is 3. The van der Waals surface area contributed by atoms with Gasteiger partial charge in [-0.25, -0.2) is 24.1 Å². The number of para-hydroxylation sites is 1. The van der Waals surface area contributed by atoms with Crippen molar-refractivity contribution in [1.82, 2.24) is 20.1 Å². The van der Waals surface area contributed by atoms with Crippen LogP contribution in [0.15, 0.2) is 60.7 Å². The summed E-state index contributed by atoms with van der Waals surface area (Å²) in [6.07, 6.45) is -0.978. The Labute approximate surface area is 297 Å². The normalized spacial score (nSPS) is 19.2. The highest BCUT2D eigenvalue weighted by atomic mass is 19.2. The summed E-state index contributed by atoms with van der Waals surface area (Å²) in [7, 11) is 1.40. The van der Waals surface area contributed by atoms with Gasteiger partial charge < -0.3 is 20.5 Å². The number of likely N-dealkylation sites (tertiary alicyclic amines) is 1. The summed E-state index contributed by atoms with van der Waals surface area (Å²) in [5, 5.41) is 5.06. The minimum Gasteiger partial charge on any atom is -0.348 e. The topological polar surface area (TPSA) is 119 Å². The highest BCUT2D eigenvalue weighted by molar-refractivity contribution is 6.07. The van der Waals surface area contributed by atoms with E-state index >= 15 is 0 Å². The van der Waals surface area contributed by atoms with Gasteiger partial charge in [0.15, 0.2) is 11.6 Å². The molecule has 0 unspecified atom stereocenters. The third kappa shape index (κ3) is 6.58. The molecular formula is C38H36F4N6O4. The average molecular weight is 717 g/mol. The number of hydrogen-bond donors (Lipinski definition) is 3. The maximum Gasteiger partial charge on any atom is 0.302 e. The third-order valence-electron chi connectivity index (χ3n) is 9.75. The first kappa shape index (κ1) is 36.1. The Morgan fingerprint density at radius 1 is 1.06 bits per heavy atom. The van der Waals surface area contributed by atoms with Gasteiger partial charge in [0.05, 0.1) is 11.9 Å². The first-order valence-corrected chi connectivity index (χ1v) is 16.6. The van der Waals surface area contributed by atoms with E-state index in [-0.39, 0.29) is 42.8 Å². The lowest BCUT2D eigenvalue weighted by atomic mass is 9.80. The van der Waals surface area contributed by atoms with Gasteiger partial charge in [-0.1, -0.05) is 51.1 Å². The lowest BCUT2D eigenvalue weighted by Gasteiger charge is -2.36. The molecule has 4 atom stereocenters. The predicted octanol–water partition coefficient (Wildman–Crippen LogP) is 5.70. The molecule has 0 aliphatic carbocycles. The van der Waals surface area contributed by atoms with E-state index in [4.69, 9.17) is 6.57 Å². The second-order valence-electron chi connectivity index (χ2n) is 14.6. The minimum atomic E-state index is -1.46. The molecule has 3 heterocycles. The molecule has 1 fully saturated rings. The molecule has 0 bridgehead atoms. The van der Waals surface area contributed by atoms with Crippen molar-refractivity contribution in [3.05, 3.63) is 112 Å². The Bertz CT molecular complexity index is 2140. The highest BCUT2D eigenvalue weighted by Gasteiger charge is 2.59. The molecule has 10 nitrogen and oxygen atoms in total. The first-order valence-electron chi connectivity index (χ1n) is 16.6. The van der Waals surface area contributed by atoms with Crippen LogP contribution in [-0.2, 0) is 26.2 Å².